The van der Waals surface area contributed by atoms with Crippen LogP contribution in [0.5, 0.6) is 0 Å². The third-order valence-electron chi connectivity index (χ3n) is 2.69. The summed E-state index contributed by atoms with van der Waals surface area (Å²) in [5, 5.41) is 14.5. The summed E-state index contributed by atoms with van der Waals surface area (Å²) in [7, 11) is 1.55. The summed E-state index contributed by atoms with van der Waals surface area (Å²) in [6.07, 6.45) is 0. The number of aryl methyl sites for hydroxylation is 1. The van der Waals surface area contributed by atoms with Crippen LogP contribution in [0.25, 0.3) is 0 Å². The van der Waals surface area contributed by atoms with Crippen molar-refractivity contribution in [3.63, 3.8) is 0 Å². The highest BCUT2D eigenvalue weighted by atomic mass is 16.5. The Kier molecular flexibility index (Phi) is 5.10. The molecule has 0 heterocycles. The first-order valence-corrected chi connectivity index (χ1v) is 6.18. The predicted octanol–water partition coefficient (Wildman–Crippen LogP) is 2.24. The van der Waals surface area contributed by atoms with Gasteiger partial charge in [0, 0.05) is 7.11 Å². The minimum atomic E-state index is -1.07. The van der Waals surface area contributed by atoms with Crippen molar-refractivity contribution < 1.29 is 19.4 Å². The molecule has 0 fully saturated rings. The van der Waals surface area contributed by atoms with Gasteiger partial charge in [0.2, 0.25) is 0 Å². The van der Waals surface area contributed by atoms with Gasteiger partial charge >= 0.3 is 12.0 Å². The number of benzene rings is 1. The van der Waals surface area contributed by atoms with Gasteiger partial charge in [-0.25, -0.2) is 9.59 Å². The molecular weight excluding hydrogens is 260 g/mol. The topological polar surface area (TPSA) is 87.7 Å². The second kappa shape index (κ2) is 6.38. The molecule has 6 nitrogen and oxygen atoms in total. The molecule has 2 amide bonds. The van der Waals surface area contributed by atoms with E-state index in [0.29, 0.717) is 12.2 Å². The van der Waals surface area contributed by atoms with Gasteiger partial charge in [0.05, 0.1) is 23.4 Å². The van der Waals surface area contributed by atoms with Gasteiger partial charge < -0.3 is 20.5 Å². The van der Waals surface area contributed by atoms with E-state index in [1.54, 1.807) is 32.2 Å². The third kappa shape index (κ3) is 4.24. The van der Waals surface area contributed by atoms with Crippen molar-refractivity contribution in [2.24, 2.45) is 0 Å². The SMILES string of the molecule is COCC(C)(C)NC(=O)Nc1cccc(C)c1C(=O)O. The van der Waals surface area contributed by atoms with E-state index in [0.717, 1.165) is 0 Å². The normalized spacial score (nSPS) is 11.0. The highest BCUT2D eigenvalue weighted by molar-refractivity contribution is 6.01. The lowest BCUT2D eigenvalue weighted by atomic mass is 10.1. The lowest BCUT2D eigenvalue weighted by Gasteiger charge is -2.25. The van der Waals surface area contributed by atoms with Crippen molar-refractivity contribution >= 4 is 17.7 Å². The van der Waals surface area contributed by atoms with Crippen molar-refractivity contribution in [2.45, 2.75) is 26.3 Å². The first-order chi connectivity index (χ1) is 9.26. The Morgan fingerprint density at radius 3 is 2.55 bits per heavy atom. The maximum Gasteiger partial charge on any atom is 0.338 e. The van der Waals surface area contributed by atoms with Crippen LogP contribution in [0.4, 0.5) is 10.5 Å². The molecule has 3 N–H and O–H groups in total. The second-order valence-corrected chi connectivity index (χ2v) is 5.20. The molecule has 0 aliphatic rings. The van der Waals surface area contributed by atoms with Crippen LogP contribution in [0.15, 0.2) is 18.2 Å². The van der Waals surface area contributed by atoms with Gasteiger partial charge in [0.1, 0.15) is 0 Å². The Balaban J connectivity index is 2.87. The minimum Gasteiger partial charge on any atom is -0.478 e. The number of ether oxygens (including phenoxy) is 1. The van der Waals surface area contributed by atoms with Gasteiger partial charge in [-0.1, -0.05) is 12.1 Å². The fraction of sp³-hybridized carbons (Fsp3) is 0.429. The van der Waals surface area contributed by atoms with E-state index in [1.807, 2.05) is 13.8 Å². The van der Waals surface area contributed by atoms with Crippen molar-refractivity contribution in [3.8, 4) is 0 Å². The first-order valence-electron chi connectivity index (χ1n) is 6.18. The standard InChI is InChI=1S/C14H20N2O4/c1-9-6-5-7-10(11(9)12(17)18)15-13(19)16-14(2,3)8-20-4/h5-7H,8H2,1-4H3,(H,17,18)(H2,15,16,19). The maximum absolute atomic E-state index is 11.9. The number of urea groups is 1. The molecule has 0 aliphatic heterocycles. The largest absolute Gasteiger partial charge is 0.478 e. The zero-order valence-electron chi connectivity index (χ0n) is 12.1. The second-order valence-electron chi connectivity index (χ2n) is 5.20. The van der Waals surface area contributed by atoms with E-state index < -0.39 is 17.5 Å². The number of carbonyl (C=O) groups is 2. The molecule has 1 aromatic carbocycles. The highest BCUT2D eigenvalue weighted by Crippen LogP contribution is 2.19. The van der Waals surface area contributed by atoms with Crippen LogP contribution >= 0.6 is 0 Å². The van der Waals surface area contributed by atoms with Gasteiger partial charge in [-0.15, -0.1) is 0 Å². The van der Waals surface area contributed by atoms with Crippen molar-refractivity contribution in [3.05, 3.63) is 29.3 Å². The molecule has 110 valence electrons. The summed E-state index contributed by atoms with van der Waals surface area (Å²) >= 11 is 0. The fourth-order valence-electron chi connectivity index (χ4n) is 1.91. The van der Waals surface area contributed by atoms with Gasteiger partial charge in [0.25, 0.3) is 0 Å². The Labute approximate surface area is 118 Å². The van der Waals surface area contributed by atoms with Crippen LogP contribution < -0.4 is 10.6 Å². The molecule has 0 spiro atoms. The number of carboxylic acids is 1. The molecule has 0 aromatic heterocycles. The lowest BCUT2D eigenvalue weighted by molar-refractivity contribution is 0.0697. The molecule has 1 rings (SSSR count). The summed E-state index contributed by atoms with van der Waals surface area (Å²) in [5.74, 6) is -1.07. The van der Waals surface area contributed by atoms with Crippen molar-refractivity contribution in [2.75, 3.05) is 19.0 Å². The fourth-order valence-corrected chi connectivity index (χ4v) is 1.91. The van der Waals surface area contributed by atoms with E-state index in [2.05, 4.69) is 10.6 Å². The van der Waals surface area contributed by atoms with Crippen LogP contribution in [-0.4, -0.2) is 36.4 Å². The van der Waals surface area contributed by atoms with Crippen molar-refractivity contribution in [1.29, 1.82) is 0 Å². The van der Waals surface area contributed by atoms with Crippen molar-refractivity contribution in [1.82, 2.24) is 5.32 Å². The summed E-state index contributed by atoms with van der Waals surface area (Å²) in [6.45, 7) is 5.65. The number of hydrogen-bond acceptors (Lipinski definition) is 3. The highest BCUT2D eigenvalue weighted by Gasteiger charge is 2.21. The van der Waals surface area contributed by atoms with Gasteiger partial charge in [-0.2, -0.15) is 0 Å². The minimum absolute atomic E-state index is 0.0900. The Hall–Kier alpha value is -2.08. The maximum atomic E-state index is 11.9. The molecule has 0 saturated heterocycles. The van der Waals surface area contributed by atoms with E-state index >= 15 is 0 Å². The number of amides is 2. The van der Waals surface area contributed by atoms with Gasteiger partial charge in [-0.3, -0.25) is 0 Å². The zero-order chi connectivity index (χ0) is 15.3. The van der Waals surface area contributed by atoms with E-state index in [1.165, 1.54) is 0 Å². The third-order valence-corrected chi connectivity index (χ3v) is 2.69. The molecule has 20 heavy (non-hydrogen) atoms. The molecule has 0 atom stereocenters. The zero-order valence-corrected chi connectivity index (χ0v) is 12.1. The number of methoxy groups -OCH3 is 1. The van der Waals surface area contributed by atoms with E-state index in [-0.39, 0.29) is 11.3 Å². The number of aromatic carboxylic acids is 1. The Morgan fingerprint density at radius 2 is 2.00 bits per heavy atom. The smallest absolute Gasteiger partial charge is 0.338 e. The number of carboxylic acid groups (broad SMARTS) is 1. The van der Waals surface area contributed by atoms with Crippen LogP contribution in [0, 0.1) is 6.92 Å². The van der Waals surface area contributed by atoms with Crippen LogP contribution in [0.3, 0.4) is 0 Å². The quantitative estimate of drug-likeness (QED) is 0.772. The molecule has 0 saturated carbocycles. The molecule has 1 aromatic rings. The van der Waals surface area contributed by atoms with Gasteiger partial charge in [-0.05, 0) is 32.4 Å². The number of rotatable bonds is 5. The number of nitrogens with one attached hydrogen (secondary N) is 2. The lowest BCUT2D eigenvalue weighted by Crippen LogP contribution is -2.48. The monoisotopic (exact) mass is 280 g/mol. The molecule has 6 heteroatoms. The van der Waals surface area contributed by atoms with Gasteiger partial charge in [0.15, 0.2) is 0 Å². The molecule has 0 aliphatic carbocycles. The van der Waals surface area contributed by atoms with Crippen LogP contribution in [0.1, 0.15) is 29.8 Å². The molecular formula is C14H20N2O4. The molecule has 0 radical (unpaired) electrons. The average Bonchev–Trinajstić information content (AvgIpc) is 2.26. The summed E-state index contributed by atoms with van der Waals surface area (Å²) in [6, 6.07) is 4.46. The summed E-state index contributed by atoms with van der Waals surface area (Å²) in [4.78, 5) is 23.1. The van der Waals surface area contributed by atoms with E-state index in [4.69, 9.17) is 4.74 Å². The van der Waals surface area contributed by atoms with E-state index in [9.17, 15) is 14.7 Å². The Morgan fingerprint density at radius 1 is 1.35 bits per heavy atom. The number of anilines is 1. The van der Waals surface area contributed by atoms with Crippen LogP contribution in [0.2, 0.25) is 0 Å². The molecule has 0 unspecified atom stereocenters. The molecule has 0 bridgehead atoms. The summed E-state index contributed by atoms with van der Waals surface area (Å²) < 4.78 is 5.00. The first kappa shape index (κ1) is 16.0. The van der Waals surface area contributed by atoms with Crippen LogP contribution in [-0.2, 0) is 4.74 Å². The predicted molar refractivity (Wildman–Crippen MR) is 76.2 cm³/mol. The number of carbonyl (C=O) groups excluding carboxylic acids is 1. The number of hydrogen-bond donors (Lipinski definition) is 3. The Bertz CT molecular complexity index is 512. The average molecular weight is 280 g/mol. The summed E-state index contributed by atoms with van der Waals surface area (Å²) in [5.41, 5.74) is 0.397.